The van der Waals surface area contributed by atoms with Gasteiger partial charge in [-0.05, 0) is 37.4 Å². The third kappa shape index (κ3) is 2.44. The molecule has 0 aromatic heterocycles. The van der Waals surface area contributed by atoms with Crippen molar-refractivity contribution in [3.63, 3.8) is 0 Å². The van der Waals surface area contributed by atoms with E-state index in [2.05, 4.69) is 53.2 Å². The van der Waals surface area contributed by atoms with Gasteiger partial charge in [-0.25, -0.2) is 0 Å². The highest BCUT2D eigenvalue weighted by atomic mass is 15.3. The maximum absolute atomic E-state index is 3.51. The minimum atomic E-state index is 0.432. The Labute approximate surface area is 116 Å². The van der Waals surface area contributed by atoms with E-state index in [1.165, 1.54) is 30.9 Å². The molecule has 1 unspecified atom stereocenters. The van der Waals surface area contributed by atoms with Crippen molar-refractivity contribution in [2.75, 3.05) is 49.1 Å². The first-order valence-corrected chi connectivity index (χ1v) is 7.51. The Morgan fingerprint density at radius 1 is 1.16 bits per heavy atom. The zero-order chi connectivity index (χ0) is 13.3. The maximum Gasteiger partial charge on any atom is 0.0604 e. The smallest absolute Gasteiger partial charge is 0.0604 e. The molecule has 3 heteroatoms. The van der Waals surface area contributed by atoms with Gasteiger partial charge in [0.1, 0.15) is 0 Å². The third-order valence-corrected chi connectivity index (χ3v) is 4.61. The quantitative estimate of drug-likeness (QED) is 0.899. The number of anilines is 2. The topological polar surface area (TPSA) is 18.5 Å². The maximum atomic E-state index is 3.51. The van der Waals surface area contributed by atoms with Crippen molar-refractivity contribution in [2.24, 2.45) is 5.41 Å². The fourth-order valence-electron chi connectivity index (χ4n) is 3.44. The standard InChI is InChI=1S/C16H25N3/c1-3-18-10-11-19(13-16(2)8-9-17-12-16)15-7-5-4-6-14(15)18/h4-7,17H,3,8-13H2,1-2H3. The Bertz CT molecular complexity index is 437. The summed E-state index contributed by atoms with van der Waals surface area (Å²) in [5.41, 5.74) is 3.26. The summed E-state index contributed by atoms with van der Waals surface area (Å²) < 4.78 is 0. The van der Waals surface area contributed by atoms with Crippen molar-refractivity contribution in [1.82, 2.24) is 5.32 Å². The minimum Gasteiger partial charge on any atom is -0.368 e. The lowest BCUT2D eigenvalue weighted by atomic mass is 9.88. The number of benzene rings is 1. The number of nitrogens with zero attached hydrogens (tertiary/aromatic N) is 2. The van der Waals surface area contributed by atoms with E-state index in [1.54, 1.807) is 0 Å². The van der Waals surface area contributed by atoms with Crippen LogP contribution in [0.1, 0.15) is 20.3 Å². The highest BCUT2D eigenvalue weighted by molar-refractivity contribution is 5.73. The van der Waals surface area contributed by atoms with Gasteiger partial charge in [-0.1, -0.05) is 19.1 Å². The summed E-state index contributed by atoms with van der Waals surface area (Å²) in [4.78, 5) is 5.08. The molecule has 1 atom stereocenters. The summed E-state index contributed by atoms with van der Waals surface area (Å²) in [5.74, 6) is 0. The van der Waals surface area contributed by atoms with Gasteiger partial charge in [-0.15, -0.1) is 0 Å². The minimum absolute atomic E-state index is 0.432. The van der Waals surface area contributed by atoms with Gasteiger partial charge >= 0.3 is 0 Å². The zero-order valence-corrected chi connectivity index (χ0v) is 12.2. The molecule has 1 fully saturated rings. The van der Waals surface area contributed by atoms with E-state index in [9.17, 15) is 0 Å². The Morgan fingerprint density at radius 2 is 1.84 bits per heavy atom. The first-order valence-electron chi connectivity index (χ1n) is 7.51. The van der Waals surface area contributed by atoms with E-state index in [1.807, 2.05) is 0 Å². The number of rotatable bonds is 3. The fraction of sp³-hybridized carbons (Fsp3) is 0.625. The summed E-state index contributed by atoms with van der Waals surface area (Å²) in [6.45, 7) is 11.6. The first-order chi connectivity index (χ1) is 9.22. The summed E-state index contributed by atoms with van der Waals surface area (Å²) in [6, 6.07) is 8.87. The molecule has 0 saturated carbocycles. The first kappa shape index (κ1) is 12.8. The van der Waals surface area contributed by atoms with Gasteiger partial charge in [0.15, 0.2) is 0 Å². The molecular formula is C16H25N3. The number of nitrogens with one attached hydrogen (secondary N) is 1. The van der Waals surface area contributed by atoms with Crippen molar-refractivity contribution in [1.29, 1.82) is 0 Å². The van der Waals surface area contributed by atoms with Crippen LogP contribution < -0.4 is 15.1 Å². The second-order valence-corrected chi connectivity index (χ2v) is 6.23. The second-order valence-electron chi connectivity index (χ2n) is 6.23. The average molecular weight is 259 g/mol. The van der Waals surface area contributed by atoms with Crippen molar-refractivity contribution in [3.8, 4) is 0 Å². The molecule has 0 radical (unpaired) electrons. The SMILES string of the molecule is CCN1CCN(CC2(C)CCNC2)c2ccccc21. The zero-order valence-electron chi connectivity index (χ0n) is 12.2. The van der Waals surface area contributed by atoms with Crippen LogP contribution in [0.3, 0.4) is 0 Å². The third-order valence-electron chi connectivity index (χ3n) is 4.61. The van der Waals surface area contributed by atoms with Crippen LogP contribution in [0.5, 0.6) is 0 Å². The van der Waals surface area contributed by atoms with Gasteiger partial charge in [0.2, 0.25) is 0 Å². The van der Waals surface area contributed by atoms with Crippen molar-refractivity contribution < 1.29 is 0 Å². The molecule has 0 bridgehead atoms. The lowest BCUT2D eigenvalue weighted by Crippen LogP contribution is -2.45. The van der Waals surface area contributed by atoms with Crippen LogP contribution in [0.2, 0.25) is 0 Å². The molecular weight excluding hydrogens is 234 g/mol. The van der Waals surface area contributed by atoms with Crippen LogP contribution in [-0.4, -0.2) is 39.3 Å². The Morgan fingerprint density at radius 3 is 2.47 bits per heavy atom. The molecule has 0 spiro atoms. The van der Waals surface area contributed by atoms with E-state index in [-0.39, 0.29) is 0 Å². The normalized spacial score (nSPS) is 26.6. The number of fused-ring (bicyclic) bond motifs is 1. The van der Waals surface area contributed by atoms with Gasteiger partial charge in [0.05, 0.1) is 11.4 Å². The number of para-hydroxylation sites is 2. The molecule has 2 heterocycles. The lowest BCUT2D eigenvalue weighted by molar-refractivity contribution is 0.363. The van der Waals surface area contributed by atoms with E-state index in [4.69, 9.17) is 0 Å². The fourth-order valence-corrected chi connectivity index (χ4v) is 3.44. The summed E-state index contributed by atoms with van der Waals surface area (Å²) in [6.07, 6.45) is 1.29. The molecule has 1 aromatic carbocycles. The van der Waals surface area contributed by atoms with Crippen LogP contribution in [0.15, 0.2) is 24.3 Å². The van der Waals surface area contributed by atoms with E-state index in [0.717, 1.165) is 26.2 Å². The second kappa shape index (κ2) is 5.04. The Kier molecular flexibility index (Phi) is 3.40. The van der Waals surface area contributed by atoms with Crippen LogP contribution in [0.25, 0.3) is 0 Å². The molecule has 3 rings (SSSR count). The van der Waals surface area contributed by atoms with Gasteiger partial charge in [-0.3, -0.25) is 0 Å². The molecule has 0 amide bonds. The van der Waals surface area contributed by atoms with Gasteiger partial charge in [0.25, 0.3) is 0 Å². The predicted molar refractivity (Wildman–Crippen MR) is 82.1 cm³/mol. The summed E-state index contributed by atoms with van der Waals surface area (Å²) in [5, 5.41) is 3.51. The largest absolute Gasteiger partial charge is 0.368 e. The van der Waals surface area contributed by atoms with Crippen molar-refractivity contribution in [2.45, 2.75) is 20.3 Å². The van der Waals surface area contributed by atoms with E-state index >= 15 is 0 Å². The number of likely N-dealkylation sites (N-methyl/N-ethyl adjacent to an activating group) is 1. The van der Waals surface area contributed by atoms with Crippen LogP contribution in [-0.2, 0) is 0 Å². The van der Waals surface area contributed by atoms with Gasteiger partial charge in [-0.2, -0.15) is 0 Å². The molecule has 3 nitrogen and oxygen atoms in total. The summed E-state index contributed by atoms with van der Waals surface area (Å²) in [7, 11) is 0. The van der Waals surface area contributed by atoms with E-state index < -0.39 is 0 Å². The molecule has 2 aliphatic rings. The lowest BCUT2D eigenvalue weighted by Gasteiger charge is -2.41. The highest BCUT2D eigenvalue weighted by Gasteiger charge is 2.32. The van der Waals surface area contributed by atoms with Gasteiger partial charge in [0, 0.05) is 32.7 Å². The predicted octanol–water partition coefficient (Wildman–Crippen LogP) is 2.33. The van der Waals surface area contributed by atoms with Crippen LogP contribution in [0, 0.1) is 5.41 Å². The Balaban J connectivity index is 1.84. The molecule has 1 aromatic rings. The number of hydrogen-bond acceptors (Lipinski definition) is 3. The monoisotopic (exact) mass is 259 g/mol. The van der Waals surface area contributed by atoms with Crippen LogP contribution >= 0.6 is 0 Å². The molecule has 1 saturated heterocycles. The summed E-state index contributed by atoms with van der Waals surface area (Å²) >= 11 is 0. The van der Waals surface area contributed by atoms with Crippen molar-refractivity contribution >= 4 is 11.4 Å². The van der Waals surface area contributed by atoms with Crippen molar-refractivity contribution in [3.05, 3.63) is 24.3 Å². The van der Waals surface area contributed by atoms with E-state index in [0.29, 0.717) is 5.41 Å². The number of hydrogen-bond donors (Lipinski definition) is 1. The molecule has 0 aliphatic carbocycles. The van der Waals surface area contributed by atoms with Gasteiger partial charge < -0.3 is 15.1 Å². The Hall–Kier alpha value is -1.22. The average Bonchev–Trinajstić information content (AvgIpc) is 2.86. The molecule has 104 valence electrons. The highest BCUT2D eigenvalue weighted by Crippen LogP contribution is 2.36. The molecule has 2 aliphatic heterocycles. The molecule has 1 N–H and O–H groups in total. The van der Waals surface area contributed by atoms with Crippen LogP contribution in [0.4, 0.5) is 11.4 Å². The molecule has 19 heavy (non-hydrogen) atoms.